The third-order valence-corrected chi connectivity index (χ3v) is 2.12. The average Bonchev–Trinajstić information content (AvgIpc) is 2.12. The van der Waals surface area contributed by atoms with Crippen molar-refractivity contribution in [3.63, 3.8) is 0 Å². The lowest BCUT2D eigenvalue weighted by Gasteiger charge is -2.19. The van der Waals surface area contributed by atoms with Gasteiger partial charge in [-0.25, -0.2) is 5.43 Å². The van der Waals surface area contributed by atoms with E-state index in [0.29, 0.717) is 5.56 Å². The van der Waals surface area contributed by atoms with Gasteiger partial charge in [0.2, 0.25) is 0 Å². The molecule has 0 fully saturated rings. The lowest BCUT2D eigenvalue weighted by atomic mass is 10.0. The van der Waals surface area contributed by atoms with Gasteiger partial charge in [0.1, 0.15) is 6.04 Å². The number of hydrogen-bond donors (Lipinski definition) is 2. The second-order valence-electron chi connectivity index (χ2n) is 3.45. The second kappa shape index (κ2) is 4.63. The van der Waals surface area contributed by atoms with Crippen LogP contribution in [0.1, 0.15) is 11.1 Å². The van der Waals surface area contributed by atoms with E-state index in [1.165, 1.54) is 0 Å². The molecule has 0 radical (unpaired) electrons. The van der Waals surface area contributed by atoms with Gasteiger partial charge in [-0.15, -0.1) is 0 Å². The van der Waals surface area contributed by atoms with Gasteiger partial charge in [-0.05, 0) is 18.9 Å². The zero-order valence-corrected chi connectivity index (χ0v) is 8.31. The number of nitrogens with two attached hydrogens (primary N) is 1. The molecule has 0 saturated carbocycles. The van der Waals surface area contributed by atoms with Gasteiger partial charge in [-0.1, -0.05) is 29.8 Å². The molecule has 5 heteroatoms. The monoisotopic (exact) mass is 218 g/mol. The summed E-state index contributed by atoms with van der Waals surface area (Å²) in [5.74, 6) is 4.87. The van der Waals surface area contributed by atoms with Crippen molar-refractivity contribution in [1.29, 1.82) is 0 Å². The Morgan fingerprint density at radius 1 is 1.40 bits per heavy atom. The Balaban J connectivity index is 2.76. The highest BCUT2D eigenvalue weighted by atomic mass is 19.4. The Morgan fingerprint density at radius 2 is 2.07 bits per heavy atom. The molecule has 0 aliphatic rings. The number of halogens is 3. The van der Waals surface area contributed by atoms with Crippen molar-refractivity contribution >= 4 is 0 Å². The molecular weight excluding hydrogens is 205 g/mol. The summed E-state index contributed by atoms with van der Waals surface area (Å²) in [5.41, 5.74) is 3.34. The van der Waals surface area contributed by atoms with E-state index < -0.39 is 12.2 Å². The summed E-state index contributed by atoms with van der Waals surface area (Å²) in [6, 6.07) is 5.25. The number of nitrogens with one attached hydrogen (secondary N) is 1. The molecule has 0 heterocycles. The molecule has 2 nitrogen and oxygen atoms in total. The smallest absolute Gasteiger partial charge is 0.271 e. The molecule has 1 aromatic carbocycles. The molecule has 1 aromatic rings. The fourth-order valence-corrected chi connectivity index (χ4v) is 1.34. The maximum atomic E-state index is 12.4. The topological polar surface area (TPSA) is 38.0 Å². The highest BCUT2D eigenvalue weighted by molar-refractivity contribution is 5.23. The van der Waals surface area contributed by atoms with Crippen molar-refractivity contribution < 1.29 is 13.2 Å². The minimum Gasteiger partial charge on any atom is -0.271 e. The van der Waals surface area contributed by atoms with E-state index in [2.05, 4.69) is 0 Å². The van der Waals surface area contributed by atoms with E-state index in [9.17, 15) is 13.2 Å². The molecule has 0 aliphatic carbocycles. The molecule has 0 aliphatic heterocycles. The quantitative estimate of drug-likeness (QED) is 0.601. The van der Waals surface area contributed by atoms with E-state index in [0.717, 1.165) is 5.56 Å². The number of rotatable bonds is 3. The molecule has 0 saturated heterocycles. The van der Waals surface area contributed by atoms with Crippen LogP contribution in [0.15, 0.2) is 24.3 Å². The lowest BCUT2D eigenvalue weighted by molar-refractivity contribution is -0.155. The first kappa shape index (κ1) is 12.0. The summed E-state index contributed by atoms with van der Waals surface area (Å²) in [6.45, 7) is 1.84. The second-order valence-corrected chi connectivity index (χ2v) is 3.45. The molecule has 3 N–H and O–H groups in total. The Labute approximate surface area is 86.2 Å². The van der Waals surface area contributed by atoms with Crippen molar-refractivity contribution in [2.24, 2.45) is 5.84 Å². The molecule has 15 heavy (non-hydrogen) atoms. The van der Waals surface area contributed by atoms with Crippen molar-refractivity contribution in [3.05, 3.63) is 35.4 Å². The number of hydrazine groups is 1. The minimum atomic E-state index is -4.32. The van der Waals surface area contributed by atoms with Crippen molar-refractivity contribution in [1.82, 2.24) is 5.43 Å². The van der Waals surface area contributed by atoms with Crippen LogP contribution in [-0.2, 0) is 6.42 Å². The van der Waals surface area contributed by atoms with Gasteiger partial charge in [0.05, 0.1) is 0 Å². The average molecular weight is 218 g/mol. The van der Waals surface area contributed by atoms with Crippen LogP contribution < -0.4 is 11.3 Å². The van der Waals surface area contributed by atoms with Crippen LogP contribution in [0.4, 0.5) is 13.2 Å². The Bertz CT molecular complexity index is 323. The predicted molar refractivity (Wildman–Crippen MR) is 52.0 cm³/mol. The van der Waals surface area contributed by atoms with E-state index in [-0.39, 0.29) is 6.42 Å². The molecule has 0 spiro atoms. The summed E-state index contributed by atoms with van der Waals surface area (Å²) in [6.07, 6.45) is -4.47. The van der Waals surface area contributed by atoms with Crippen LogP contribution in [0.2, 0.25) is 0 Å². The number of benzene rings is 1. The van der Waals surface area contributed by atoms with Crippen LogP contribution in [0.3, 0.4) is 0 Å². The van der Waals surface area contributed by atoms with E-state index in [1.807, 2.05) is 13.0 Å². The largest absolute Gasteiger partial charge is 0.405 e. The molecule has 0 amide bonds. The van der Waals surface area contributed by atoms with Crippen LogP contribution in [0.5, 0.6) is 0 Å². The van der Waals surface area contributed by atoms with Crippen LogP contribution in [0, 0.1) is 6.92 Å². The van der Waals surface area contributed by atoms with Gasteiger partial charge in [0.15, 0.2) is 0 Å². The Morgan fingerprint density at radius 3 is 2.53 bits per heavy atom. The van der Waals surface area contributed by atoms with Gasteiger partial charge in [0, 0.05) is 0 Å². The molecule has 0 aromatic heterocycles. The molecular formula is C10H13F3N2. The third-order valence-electron chi connectivity index (χ3n) is 2.12. The van der Waals surface area contributed by atoms with Gasteiger partial charge < -0.3 is 0 Å². The van der Waals surface area contributed by atoms with E-state index in [1.54, 1.807) is 23.6 Å². The summed E-state index contributed by atoms with van der Waals surface area (Å²) in [5, 5.41) is 0. The summed E-state index contributed by atoms with van der Waals surface area (Å²) in [4.78, 5) is 0. The molecule has 0 bridgehead atoms. The van der Waals surface area contributed by atoms with Crippen LogP contribution >= 0.6 is 0 Å². The number of alkyl halides is 3. The van der Waals surface area contributed by atoms with Crippen LogP contribution in [0.25, 0.3) is 0 Å². The van der Waals surface area contributed by atoms with Crippen molar-refractivity contribution in [2.45, 2.75) is 25.6 Å². The molecule has 1 atom stereocenters. The summed E-state index contributed by atoms with van der Waals surface area (Å²) in [7, 11) is 0. The van der Waals surface area contributed by atoms with Gasteiger partial charge in [-0.3, -0.25) is 5.84 Å². The van der Waals surface area contributed by atoms with Gasteiger partial charge in [-0.2, -0.15) is 13.2 Å². The fraction of sp³-hybridized carbons (Fsp3) is 0.400. The fourth-order valence-electron chi connectivity index (χ4n) is 1.34. The van der Waals surface area contributed by atoms with Crippen LogP contribution in [-0.4, -0.2) is 12.2 Å². The summed E-state index contributed by atoms with van der Waals surface area (Å²) < 4.78 is 37.1. The maximum absolute atomic E-state index is 12.4. The zero-order valence-electron chi connectivity index (χ0n) is 8.31. The molecule has 84 valence electrons. The molecule has 1 rings (SSSR count). The first-order valence-electron chi connectivity index (χ1n) is 4.52. The van der Waals surface area contributed by atoms with Crippen molar-refractivity contribution in [2.75, 3.05) is 0 Å². The predicted octanol–water partition coefficient (Wildman–Crippen LogP) is 1.93. The van der Waals surface area contributed by atoms with Crippen molar-refractivity contribution in [3.8, 4) is 0 Å². The highest BCUT2D eigenvalue weighted by Crippen LogP contribution is 2.22. The standard InChI is InChI=1S/C10H13F3N2/c1-7-3-2-4-8(5-7)6-9(15-14)10(11,12)13/h2-5,9,15H,6,14H2,1H3. The summed E-state index contributed by atoms with van der Waals surface area (Å²) >= 11 is 0. The van der Waals surface area contributed by atoms with E-state index >= 15 is 0 Å². The Hall–Kier alpha value is -1.07. The first-order valence-corrected chi connectivity index (χ1v) is 4.52. The van der Waals surface area contributed by atoms with Gasteiger partial charge >= 0.3 is 6.18 Å². The third kappa shape index (κ3) is 3.53. The number of hydrogen-bond acceptors (Lipinski definition) is 2. The van der Waals surface area contributed by atoms with E-state index in [4.69, 9.17) is 5.84 Å². The van der Waals surface area contributed by atoms with Gasteiger partial charge in [0.25, 0.3) is 0 Å². The normalized spacial score (nSPS) is 13.9. The molecule has 1 unspecified atom stereocenters. The SMILES string of the molecule is Cc1cccc(CC(NN)C(F)(F)F)c1. The Kier molecular flexibility index (Phi) is 3.71. The number of aryl methyl sites for hydroxylation is 1. The lowest BCUT2D eigenvalue weighted by Crippen LogP contribution is -2.47. The zero-order chi connectivity index (χ0) is 11.5. The highest BCUT2D eigenvalue weighted by Gasteiger charge is 2.38. The first-order chi connectivity index (χ1) is 6.93. The minimum absolute atomic E-state index is 0.151. The maximum Gasteiger partial charge on any atom is 0.405 e.